The van der Waals surface area contributed by atoms with Gasteiger partial charge in [0.05, 0.1) is 7.11 Å². The van der Waals surface area contributed by atoms with E-state index in [0.717, 1.165) is 5.56 Å². The van der Waals surface area contributed by atoms with Gasteiger partial charge < -0.3 is 14.4 Å². The fourth-order valence-corrected chi connectivity index (χ4v) is 2.54. The van der Waals surface area contributed by atoms with E-state index in [1.165, 1.54) is 0 Å². The van der Waals surface area contributed by atoms with Crippen LogP contribution in [0, 0.1) is 0 Å². The molecule has 0 spiro atoms. The number of carbonyl (C=O) groups is 1. The van der Waals surface area contributed by atoms with Gasteiger partial charge in [0.25, 0.3) is 5.91 Å². The maximum absolute atomic E-state index is 12.5. The molecule has 2 rings (SSSR count). The number of rotatable bonds is 7. The summed E-state index contributed by atoms with van der Waals surface area (Å²) in [6, 6.07) is 12.6. The summed E-state index contributed by atoms with van der Waals surface area (Å²) in [4.78, 5) is 14.3. The number of ether oxygens (including phenoxy) is 2. The van der Waals surface area contributed by atoms with Crippen LogP contribution < -0.4 is 9.47 Å². The van der Waals surface area contributed by atoms with Gasteiger partial charge in [-0.05, 0) is 56.3 Å². The van der Waals surface area contributed by atoms with Crippen molar-refractivity contribution in [1.82, 2.24) is 4.90 Å². The molecular weight excluding hydrogens is 326 g/mol. The van der Waals surface area contributed by atoms with Crippen LogP contribution >= 0.6 is 11.6 Å². The minimum atomic E-state index is 0.00963. The van der Waals surface area contributed by atoms with Gasteiger partial charge in [-0.2, -0.15) is 0 Å². The Morgan fingerprint density at radius 2 is 1.75 bits per heavy atom. The van der Waals surface area contributed by atoms with Gasteiger partial charge in [-0.1, -0.05) is 11.6 Å². The first-order chi connectivity index (χ1) is 11.6. The maximum atomic E-state index is 12.5. The number of hydrogen-bond donors (Lipinski definition) is 0. The monoisotopic (exact) mass is 347 g/mol. The first-order valence-corrected chi connectivity index (χ1v) is 8.31. The quantitative estimate of drug-likeness (QED) is 0.744. The number of methoxy groups -OCH3 is 1. The Balaban J connectivity index is 2.19. The molecule has 0 aromatic heterocycles. The topological polar surface area (TPSA) is 38.8 Å². The third-order valence-electron chi connectivity index (χ3n) is 3.79. The molecule has 0 N–H and O–H groups in total. The average Bonchev–Trinajstić information content (AvgIpc) is 2.62. The second kappa shape index (κ2) is 8.60. The normalized spacial score (nSPS) is 10.3. The summed E-state index contributed by atoms with van der Waals surface area (Å²) in [6.45, 7) is 5.60. The third kappa shape index (κ3) is 4.42. The van der Waals surface area contributed by atoms with Crippen molar-refractivity contribution in [2.75, 3.05) is 20.2 Å². The zero-order valence-corrected chi connectivity index (χ0v) is 15.0. The van der Waals surface area contributed by atoms with Crippen molar-refractivity contribution < 1.29 is 14.3 Å². The van der Waals surface area contributed by atoms with Crippen LogP contribution in [-0.4, -0.2) is 31.0 Å². The Bertz CT molecular complexity index is 682. The van der Waals surface area contributed by atoms with Gasteiger partial charge in [-0.25, -0.2) is 0 Å². The van der Waals surface area contributed by atoms with Crippen molar-refractivity contribution in [3.05, 3.63) is 58.6 Å². The summed E-state index contributed by atoms with van der Waals surface area (Å²) in [5, 5.41) is 0.659. The number of amides is 1. The lowest BCUT2D eigenvalue weighted by Gasteiger charge is -2.19. The van der Waals surface area contributed by atoms with E-state index in [9.17, 15) is 4.79 Å². The summed E-state index contributed by atoms with van der Waals surface area (Å²) >= 11 is 5.87. The van der Waals surface area contributed by atoms with Gasteiger partial charge in [0.2, 0.25) is 0 Å². The predicted molar refractivity (Wildman–Crippen MR) is 96.0 cm³/mol. The molecule has 0 fully saturated rings. The lowest BCUT2D eigenvalue weighted by Crippen LogP contribution is -2.30. The number of nitrogens with zero attached hydrogens (tertiary/aromatic N) is 1. The van der Waals surface area contributed by atoms with Crippen LogP contribution in [0.5, 0.6) is 11.5 Å². The van der Waals surface area contributed by atoms with Crippen molar-refractivity contribution in [3.63, 3.8) is 0 Å². The molecule has 1 amide bonds. The Morgan fingerprint density at radius 1 is 1.08 bits per heavy atom. The molecule has 0 atom stereocenters. The fraction of sp³-hybridized carbons (Fsp3) is 0.316. The van der Waals surface area contributed by atoms with Crippen LogP contribution in [0.1, 0.15) is 29.8 Å². The maximum Gasteiger partial charge on any atom is 0.253 e. The van der Waals surface area contributed by atoms with E-state index in [4.69, 9.17) is 21.1 Å². The predicted octanol–water partition coefficient (Wildman–Crippen LogP) is 4.41. The van der Waals surface area contributed by atoms with E-state index in [0.29, 0.717) is 41.8 Å². The van der Waals surface area contributed by atoms with Crippen LogP contribution in [0.4, 0.5) is 0 Å². The molecule has 4 nitrogen and oxygen atoms in total. The van der Waals surface area contributed by atoms with Crippen LogP contribution in [0.15, 0.2) is 42.5 Å². The van der Waals surface area contributed by atoms with Gasteiger partial charge in [0.1, 0.15) is 18.1 Å². The average molecular weight is 348 g/mol. The van der Waals surface area contributed by atoms with Crippen molar-refractivity contribution >= 4 is 17.5 Å². The smallest absolute Gasteiger partial charge is 0.253 e. The van der Waals surface area contributed by atoms with Crippen molar-refractivity contribution in [2.45, 2.75) is 20.5 Å². The number of carbonyl (C=O) groups excluding carboxylic acids is 1. The Labute approximate surface area is 147 Å². The minimum absolute atomic E-state index is 0.00963. The molecule has 0 aliphatic heterocycles. The summed E-state index contributed by atoms with van der Waals surface area (Å²) in [5.41, 5.74) is 1.46. The molecule has 0 saturated carbocycles. The molecule has 128 valence electrons. The highest BCUT2D eigenvalue weighted by molar-refractivity contribution is 6.30. The van der Waals surface area contributed by atoms with Gasteiger partial charge in [0, 0.05) is 29.2 Å². The first kappa shape index (κ1) is 18.1. The molecule has 0 aliphatic rings. The molecule has 0 bridgehead atoms. The zero-order chi connectivity index (χ0) is 17.5. The van der Waals surface area contributed by atoms with E-state index >= 15 is 0 Å². The van der Waals surface area contributed by atoms with Crippen LogP contribution in [0.2, 0.25) is 5.02 Å². The molecule has 0 radical (unpaired) electrons. The lowest BCUT2D eigenvalue weighted by molar-refractivity contribution is 0.0772. The van der Waals surface area contributed by atoms with Gasteiger partial charge in [-0.3, -0.25) is 4.79 Å². The number of hydrogen-bond acceptors (Lipinski definition) is 3. The first-order valence-electron chi connectivity index (χ1n) is 7.93. The van der Waals surface area contributed by atoms with E-state index in [-0.39, 0.29) is 5.91 Å². The molecule has 24 heavy (non-hydrogen) atoms. The molecular formula is C19H22ClNO3. The summed E-state index contributed by atoms with van der Waals surface area (Å²) in [5.74, 6) is 1.41. The standard InChI is InChI=1S/C19H22ClNO3/c1-4-21(5-2)19(22)14-6-11-18(23-3)15(12-14)13-24-17-9-7-16(20)8-10-17/h6-12H,4-5,13H2,1-3H3. The lowest BCUT2D eigenvalue weighted by atomic mass is 10.1. The number of halogens is 1. The van der Waals surface area contributed by atoms with Gasteiger partial charge in [-0.15, -0.1) is 0 Å². The molecule has 2 aromatic rings. The van der Waals surface area contributed by atoms with Crippen molar-refractivity contribution in [2.24, 2.45) is 0 Å². The van der Waals surface area contributed by atoms with Crippen LogP contribution in [0.25, 0.3) is 0 Å². The SMILES string of the molecule is CCN(CC)C(=O)c1ccc(OC)c(COc2ccc(Cl)cc2)c1. The Hall–Kier alpha value is -2.20. The van der Waals surface area contributed by atoms with E-state index in [1.807, 2.05) is 19.9 Å². The highest BCUT2D eigenvalue weighted by Gasteiger charge is 2.15. The zero-order valence-electron chi connectivity index (χ0n) is 14.2. The van der Waals surface area contributed by atoms with Crippen LogP contribution in [0.3, 0.4) is 0 Å². The molecule has 5 heteroatoms. The second-order valence-corrected chi connectivity index (χ2v) is 5.68. The number of benzene rings is 2. The summed E-state index contributed by atoms with van der Waals surface area (Å²) in [6.07, 6.45) is 0. The molecule has 2 aromatic carbocycles. The largest absolute Gasteiger partial charge is 0.496 e. The minimum Gasteiger partial charge on any atom is -0.496 e. The summed E-state index contributed by atoms with van der Waals surface area (Å²) < 4.78 is 11.1. The van der Waals surface area contributed by atoms with E-state index in [2.05, 4.69) is 0 Å². The van der Waals surface area contributed by atoms with E-state index in [1.54, 1.807) is 48.4 Å². The molecule has 0 heterocycles. The highest BCUT2D eigenvalue weighted by Crippen LogP contribution is 2.23. The Morgan fingerprint density at radius 3 is 2.33 bits per heavy atom. The van der Waals surface area contributed by atoms with Crippen LogP contribution in [-0.2, 0) is 6.61 Å². The highest BCUT2D eigenvalue weighted by atomic mass is 35.5. The molecule has 0 unspecified atom stereocenters. The second-order valence-electron chi connectivity index (χ2n) is 5.25. The van der Waals surface area contributed by atoms with Gasteiger partial charge in [0.15, 0.2) is 0 Å². The third-order valence-corrected chi connectivity index (χ3v) is 4.04. The van der Waals surface area contributed by atoms with Crippen molar-refractivity contribution in [1.29, 1.82) is 0 Å². The fourth-order valence-electron chi connectivity index (χ4n) is 2.41. The molecule has 0 aliphatic carbocycles. The van der Waals surface area contributed by atoms with Gasteiger partial charge >= 0.3 is 0 Å². The molecule has 0 saturated heterocycles. The Kier molecular flexibility index (Phi) is 6.50. The van der Waals surface area contributed by atoms with E-state index < -0.39 is 0 Å². The van der Waals surface area contributed by atoms with Crippen molar-refractivity contribution in [3.8, 4) is 11.5 Å². The summed E-state index contributed by atoms with van der Waals surface area (Å²) in [7, 11) is 1.60.